The van der Waals surface area contributed by atoms with Crippen LogP contribution >= 0.6 is 0 Å². The topological polar surface area (TPSA) is 88.6 Å². The molecule has 7 nitrogen and oxygen atoms in total. The highest BCUT2D eigenvalue weighted by Crippen LogP contribution is 2.40. The molecule has 1 N–H and O–H groups in total. The lowest BCUT2D eigenvalue weighted by molar-refractivity contribution is -0.137. The fourth-order valence-corrected chi connectivity index (χ4v) is 2.65. The molecule has 26 heavy (non-hydrogen) atoms. The van der Waals surface area contributed by atoms with Crippen LogP contribution in [0.2, 0.25) is 0 Å². The number of ether oxygens (including phenoxy) is 1. The lowest BCUT2D eigenvalue weighted by atomic mass is 10.1. The third kappa shape index (κ3) is 3.99. The zero-order valence-corrected chi connectivity index (χ0v) is 14.8. The third-order valence-corrected chi connectivity index (χ3v) is 4.36. The van der Waals surface area contributed by atoms with Crippen LogP contribution in [-0.4, -0.2) is 54.9 Å². The molecule has 0 aliphatic heterocycles. The molecular formula is C19H21N3O4. The Morgan fingerprint density at radius 2 is 2.00 bits per heavy atom. The number of para-hydroxylation sites is 1. The average Bonchev–Trinajstić information content (AvgIpc) is 3.49. The second-order valence-electron chi connectivity index (χ2n) is 6.39. The zero-order valence-electron chi connectivity index (χ0n) is 14.8. The van der Waals surface area contributed by atoms with E-state index in [-0.39, 0.29) is 12.5 Å². The maximum atomic E-state index is 12.6. The first-order valence-electron chi connectivity index (χ1n) is 8.51. The summed E-state index contributed by atoms with van der Waals surface area (Å²) < 4.78 is 5.20. The molecule has 0 spiro atoms. The molecular weight excluding hydrogens is 334 g/mol. The summed E-state index contributed by atoms with van der Waals surface area (Å²) in [6.07, 6.45) is 2.14. The van der Waals surface area contributed by atoms with Crippen LogP contribution in [0.15, 0.2) is 30.3 Å². The Balaban J connectivity index is 1.73. The van der Waals surface area contributed by atoms with Crippen LogP contribution in [0.3, 0.4) is 0 Å². The number of carbonyl (C=O) groups is 3. The molecule has 0 saturated heterocycles. The number of likely N-dealkylation sites (N-methyl/N-ethyl adjacent to an activating group) is 2. The number of amides is 2. The molecule has 1 heterocycles. The molecule has 1 aromatic heterocycles. The van der Waals surface area contributed by atoms with Crippen LogP contribution in [0.5, 0.6) is 0 Å². The summed E-state index contributed by atoms with van der Waals surface area (Å²) in [7, 11) is 2.98. The molecule has 0 unspecified atom stereocenters. The minimum absolute atomic E-state index is 0.0864. The van der Waals surface area contributed by atoms with Crippen molar-refractivity contribution in [3.05, 3.63) is 41.6 Å². The standard InChI is InChI=1S/C19H21N3O4/c1-20-17(23)10-22(2)18(24)11-26-19(25)14-9-16(12-7-8-12)21-15-6-4-3-5-13(14)15/h3-6,9,12H,7-8,10-11H2,1-2H3,(H,20,23). The number of fused-ring (bicyclic) bond motifs is 1. The highest BCUT2D eigenvalue weighted by molar-refractivity contribution is 6.04. The third-order valence-electron chi connectivity index (χ3n) is 4.36. The second kappa shape index (κ2) is 7.51. The Kier molecular flexibility index (Phi) is 5.16. The highest BCUT2D eigenvalue weighted by atomic mass is 16.5. The summed E-state index contributed by atoms with van der Waals surface area (Å²) in [6, 6.07) is 9.15. The van der Waals surface area contributed by atoms with Gasteiger partial charge in [-0.05, 0) is 25.0 Å². The maximum absolute atomic E-state index is 12.6. The monoisotopic (exact) mass is 355 g/mol. The van der Waals surface area contributed by atoms with Crippen molar-refractivity contribution in [1.29, 1.82) is 0 Å². The Hall–Kier alpha value is -2.96. The number of nitrogens with one attached hydrogen (secondary N) is 1. The van der Waals surface area contributed by atoms with Crippen LogP contribution in [0, 0.1) is 0 Å². The van der Waals surface area contributed by atoms with Crippen molar-refractivity contribution in [2.45, 2.75) is 18.8 Å². The van der Waals surface area contributed by atoms with Gasteiger partial charge in [0.1, 0.15) is 0 Å². The Labute approximate surface area is 151 Å². The molecule has 1 saturated carbocycles. The quantitative estimate of drug-likeness (QED) is 0.793. The van der Waals surface area contributed by atoms with Crippen molar-refractivity contribution in [2.75, 3.05) is 27.2 Å². The number of rotatable bonds is 6. The highest BCUT2D eigenvalue weighted by Gasteiger charge is 2.27. The molecule has 7 heteroatoms. The van der Waals surface area contributed by atoms with Crippen molar-refractivity contribution >= 4 is 28.7 Å². The van der Waals surface area contributed by atoms with E-state index in [0.29, 0.717) is 16.9 Å². The molecule has 0 atom stereocenters. The summed E-state index contributed by atoms with van der Waals surface area (Å²) in [5.41, 5.74) is 2.05. The van der Waals surface area contributed by atoms with Gasteiger partial charge < -0.3 is 15.0 Å². The number of nitrogens with zero attached hydrogens (tertiary/aromatic N) is 2. The van der Waals surface area contributed by atoms with E-state index in [1.165, 1.54) is 19.0 Å². The van der Waals surface area contributed by atoms with Gasteiger partial charge in [-0.15, -0.1) is 0 Å². The number of benzene rings is 1. The maximum Gasteiger partial charge on any atom is 0.339 e. The predicted octanol–water partition coefficient (Wildman–Crippen LogP) is 1.47. The van der Waals surface area contributed by atoms with Crippen molar-refractivity contribution < 1.29 is 19.1 Å². The van der Waals surface area contributed by atoms with E-state index in [2.05, 4.69) is 10.3 Å². The van der Waals surface area contributed by atoms with Gasteiger partial charge in [0.2, 0.25) is 5.91 Å². The van der Waals surface area contributed by atoms with Gasteiger partial charge in [0, 0.05) is 31.1 Å². The van der Waals surface area contributed by atoms with E-state index in [4.69, 9.17) is 4.74 Å². The van der Waals surface area contributed by atoms with Crippen LogP contribution in [0.25, 0.3) is 10.9 Å². The predicted molar refractivity (Wildman–Crippen MR) is 95.7 cm³/mol. The van der Waals surface area contributed by atoms with Crippen LogP contribution in [0.4, 0.5) is 0 Å². The minimum atomic E-state index is -0.563. The molecule has 1 aliphatic rings. The molecule has 2 aromatic rings. The summed E-state index contributed by atoms with van der Waals surface area (Å²) in [4.78, 5) is 41.7. The van der Waals surface area contributed by atoms with Crippen LogP contribution in [0.1, 0.15) is 34.8 Å². The van der Waals surface area contributed by atoms with E-state index in [1.807, 2.05) is 24.3 Å². The molecule has 3 rings (SSSR count). The van der Waals surface area contributed by atoms with E-state index in [9.17, 15) is 14.4 Å². The molecule has 136 valence electrons. The van der Waals surface area contributed by atoms with Gasteiger partial charge >= 0.3 is 5.97 Å². The van der Waals surface area contributed by atoms with Gasteiger partial charge in [0.15, 0.2) is 6.61 Å². The summed E-state index contributed by atoms with van der Waals surface area (Å²) >= 11 is 0. The zero-order chi connectivity index (χ0) is 18.7. The van der Waals surface area contributed by atoms with Crippen molar-refractivity contribution in [1.82, 2.24) is 15.2 Å². The Morgan fingerprint density at radius 3 is 2.69 bits per heavy atom. The van der Waals surface area contributed by atoms with Gasteiger partial charge in [-0.1, -0.05) is 18.2 Å². The molecule has 0 bridgehead atoms. The van der Waals surface area contributed by atoms with Crippen molar-refractivity contribution in [3.8, 4) is 0 Å². The molecule has 1 aromatic carbocycles. The first kappa shape index (κ1) is 17.8. The number of carbonyl (C=O) groups excluding carboxylic acids is 3. The van der Waals surface area contributed by atoms with Gasteiger partial charge in [-0.3, -0.25) is 14.6 Å². The van der Waals surface area contributed by atoms with Gasteiger partial charge in [0.25, 0.3) is 5.91 Å². The fraction of sp³-hybridized carbons (Fsp3) is 0.368. The SMILES string of the molecule is CNC(=O)CN(C)C(=O)COC(=O)c1cc(C2CC2)nc2ccccc12. The van der Waals surface area contributed by atoms with E-state index in [1.54, 1.807) is 6.07 Å². The number of hydrogen-bond donors (Lipinski definition) is 1. The molecule has 1 aliphatic carbocycles. The summed E-state index contributed by atoms with van der Waals surface area (Å²) in [5, 5.41) is 3.14. The number of hydrogen-bond acceptors (Lipinski definition) is 5. The average molecular weight is 355 g/mol. The Bertz CT molecular complexity index is 861. The molecule has 2 amide bonds. The molecule has 0 radical (unpaired) electrons. The van der Waals surface area contributed by atoms with Crippen molar-refractivity contribution in [3.63, 3.8) is 0 Å². The second-order valence-corrected chi connectivity index (χ2v) is 6.39. The summed E-state index contributed by atoms with van der Waals surface area (Å²) in [5.74, 6) is -0.900. The lowest BCUT2D eigenvalue weighted by Crippen LogP contribution is -2.39. The van der Waals surface area contributed by atoms with Gasteiger partial charge in [-0.25, -0.2) is 4.79 Å². The largest absolute Gasteiger partial charge is 0.452 e. The fourth-order valence-electron chi connectivity index (χ4n) is 2.65. The van der Waals surface area contributed by atoms with E-state index < -0.39 is 18.5 Å². The number of pyridine rings is 1. The van der Waals surface area contributed by atoms with E-state index in [0.717, 1.165) is 24.1 Å². The number of aromatic nitrogens is 1. The van der Waals surface area contributed by atoms with Gasteiger partial charge in [0.05, 0.1) is 17.6 Å². The first-order valence-corrected chi connectivity index (χ1v) is 8.51. The van der Waals surface area contributed by atoms with Crippen LogP contribution < -0.4 is 5.32 Å². The van der Waals surface area contributed by atoms with Crippen LogP contribution in [-0.2, 0) is 14.3 Å². The Morgan fingerprint density at radius 1 is 1.27 bits per heavy atom. The molecule has 1 fully saturated rings. The number of esters is 1. The normalized spacial score (nSPS) is 13.3. The minimum Gasteiger partial charge on any atom is -0.452 e. The smallest absolute Gasteiger partial charge is 0.339 e. The first-order chi connectivity index (χ1) is 12.5. The van der Waals surface area contributed by atoms with Crippen molar-refractivity contribution in [2.24, 2.45) is 0 Å². The lowest BCUT2D eigenvalue weighted by Gasteiger charge is -2.16. The van der Waals surface area contributed by atoms with Gasteiger partial charge in [-0.2, -0.15) is 0 Å². The summed E-state index contributed by atoms with van der Waals surface area (Å²) in [6.45, 7) is -0.501. The van der Waals surface area contributed by atoms with E-state index >= 15 is 0 Å².